The van der Waals surface area contributed by atoms with Gasteiger partial charge in [0.2, 0.25) is 5.91 Å². The molecule has 2 aliphatic rings. The van der Waals surface area contributed by atoms with Crippen molar-refractivity contribution in [1.82, 2.24) is 0 Å². The van der Waals surface area contributed by atoms with Gasteiger partial charge in [-0.15, -0.1) is 0 Å². The standard InChI is InChI=1S/C11H19NO3/c12-10(13)8-9-2-4-11(5-3-9)14-6-1-7-15-11/h9H,1-8H2,(H2,12,13). The highest BCUT2D eigenvalue weighted by atomic mass is 16.7. The van der Waals surface area contributed by atoms with Crippen LogP contribution in [-0.2, 0) is 14.3 Å². The minimum Gasteiger partial charge on any atom is -0.370 e. The molecule has 1 aliphatic carbocycles. The van der Waals surface area contributed by atoms with E-state index in [1.165, 1.54) is 0 Å². The van der Waals surface area contributed by atoms with Gasteiger partial charge in [0.05, 0.1) is 13.2 Å². The van der Waals surface area contributed by atoms with Crippen molar-refractivity contribution in [2.45, 2.75) is 44.3 Å². The van der Waals surface area contributed by atoms with Gasteiger partial charge in [0.25, 0.3) is 0 Å². The summed E-state index contributed by atoms with van der Waals surface area (Å²) in [6.07, 6.45) is 5.30. The normalized spacial score (nSPS) is 26.7. The Morgan fingerprint density at radius 1 is 1.27 bits per heavy atom. The molecule has 4 nitrogen and oxygen atoms in total. The number of amides is 1. The van der Waals surface area contributed by atoms with E-state index in [2.05, 4.69) is 0 Å². The Hall–Kier alpha value is -0.610. The molecule has 2 N–H and O–H groups in total. The molecule has 0 bridgehead atoms. The number of hydrogen-bond donors (Lipinski definition) is 1. The first-order valence-electron chi connectivity index (χ1n) is 5.76. The van der Waals surface area contributed by atoms with E-state index in [4.69, 9.17) is 15.2 Å². The van der Waals surface area contributed by atoms with Crippen LogP contribution in [0.2, 0.25) is 0 Å². The molecule has 1 heterocycles. The van der Waals surface area contributed by atoms with Crippen LogP contribution in [0.25, 0.3) is 0 Å². The van der Waals surface area contributed by atoms with Gasteiger partial charge < -0.3 is 15.2 Å². The van der Waals surface area contributed by atoms with E-state index in [0.29, 0.717) is 12.3 Å². The summed E-state index contributed by atoms with van der Waals surface area (Å²) in [5.41, 5.74) is 5.19. The second kappa shape index (κ2) is 4.49. The van der Waals surface area contributed by atoms with Gasteiger partial charge in [-0.2, -0.15) is 0 Å². The third-order valence-electron chi connectivity index (χ3n) is 3.38. The van der Waals surface area contributed by atoms with Gasteiger partial charge in [0, 0.05) is 19.3 Å². The van der Waals surface area contributed by atoms with Crippen molar-refractivity contribution in [2.75, 3.05) is 13.2 Å². The average Bonchev–Trinajstić information content (AvgIpc) is 2.23. The summed E-state index contributed by atoms with van der Waals surface area (Å²) < 4.78 is 11.4. The molecule has 0 atom stereocenters. The fourth-order valence-corrected chi connectivity index (χ4v) is 2.51. The van der Waals surface area contributed by atoms with E-state index in [1.807, 2.05) is 0 Å². The van der Waals surface area contributed by atoms with Crippen LogP contribution >= 0.6 is 0 Å². The molecular weight excluding hydrogens is 194 g/mol. The maximum atomic E-state index is 10.8. The minimum absolute atomic E-state index is 0.193. The van der Waals surface area contributed by atoms with Gasteiger partial charge in [-0.05, 0) is 25.2 Å². The first-order valence-corrected chi connectivity index (χ1v) is 5.76. The zero-order valence-electron chi connectivity index (χ0n) is 9.04. The van der Waals surface area contributed by atoms with Crippen LogP contribution in [0.4, 0.5) is 0 Å². The SMILES string of the molecule is NC(=O)CC1CCC2(CC1)OCCCO2. The molecule has 1 saturated carbocycles. The lowest BCUT2D eigenvalue weighted by molar-refractivity contribution is -0.283. The lowest BCUT2D eigenvalue weighted by Crippen LogP contribution is -2.43. The molecule has 0 aromatic heterocycles. The Morgan fingerprint density at radius 2 is 1.87 bits per heavy atom. The van der Waals surface area contributed by atoms with Gasteiger partial charge >= 0.3 is 0 Å². The smallest absolute Gasteiger partial charge is 0.217 e. The van der Waals surface area contributed by atoms with Crippen molar-refractivity contribution < 1.29 is 14.3 Å². The lowest BCUT2D eigenvalue weighted by Gasteiger charge is -2.42. The van der Waals surface area contributed by atoms with Gasteiger partial charge in [-0.25, -0.2) is 0 Å². The molecule has 1 amide bonds. The third kappa shape index (κ3) is 2.69. The Morgan fingerprint density at radius 3 is 2.40 bits per heavy atom. The predicted molar refractivity (Wildman–Crippen MR) is 55.0 cm³/mol. The number of hydrogen-bond acceptors (Lipinski definition) is 3. The zero-order chi connectivity index (χ0) is 10.7. The highest BCUT2D eigenvalue weighted by molar-refractivity contribution is 5.73. The highest BCUT2D eigenvalue weighted by Crippen LogP contribution is 2.38. The second-order valence-corrected chi connectivity index (χ2v) is 4.57. The van der Waals surface area contributed by atoms with Crippen LogP contribution < -0.4 is 5.73 Å². The summed E-state index contributed by atoms with van der Waals surface area (Å²) in [4.78, 5) is 10.8. The number of nitrogens with two attached hydrogens (primary N) is 1. The molecule has 0 aromatic rings. The fraction of sp³-hybridized carbons (Fsp3) is 0.909. The van der Waals surface area contributed by atoms with E-state index in [-0.39, 0.29) is 11.7 Å². The summed E-state index contributed by atoms with van der Waals surface area (Å²) in [5, 5.41) is 0. The Bertz CT molecular complexity index is 226. The lowest BCUT2D eigenvalue weighted by atomic mass is 9.83. The predicted octanol–water partition coefficient (Wildman–Crippen LogP) is 1.19. The first-order chi connectivity index (χ1) is 7.20. The van der Waals surface area contributed by atoms with Crippen LogP contribution in [0.3, 0.4) is 0 Å². The molecule has 1 spiro atoms. The Labute approximate surface area is 90.1 Å². The summed E-state index contributed by atoms with van der Waals surface area (Å²) in [7, 11) is 0. The van der Waals surface area contributed by atoms with E-state index in [0.717, 1.165) is 45.3 Å². The molecule has 0 radical (unpaired) electrons. The summed E-state index contributed by atoms with van der Waals surface area (Å²) >= 11 is 0. The van der Waals surface area contributed by atoms with Gasteiger partial charge in [0.1, 0.15) is 0 Å². The van der Waals surface area contributed by atoms with Crippen molar-refractivity contribution in [1.29, 1.82) is 0 Å². The van der Waals surface area contributed by atoms with E-state index >= 15 is 0 Å². The Balaban J connectivity index is 1.82. The number of carbonyl (C=O) groups excluding carboxylic acids is 1. The minimum atomic E-state index is -0.327. The quantitative estimate of drug-likeness (QED) is 0.749. The summed E-state index contributed by atoms with van der Waals surface area (Å²) in [6.45, 7) is 1.61. The van der Waals surface area contributed by atoms with Crippen molar-refractivity contribution in [3.8, 4) is 0 Å². The van der Waals surface area contributed by atoms with E-state index in [1.54, 1.807) is 0 Å². The topological polar surface area (TPSA) is 61.6 Å². The number of rotatable bonds is 2. The van der Waals surface area contributed by atoms with Crippen molar-refractivity contribution >= 4 is 5.91 Å². The number of ether oxygens (including phenoxy) is 2. The fourth-order valence-electron chi connectivity index (χ4n) is 2.51. The Kier molecular flexibility index (Phi) is 3.26. The van der Waals surface area contributed by atoms with E-state index in [9.17, 15) is 4.79 Å². The molecule has 4 heteroatoms. The number of primary amides is 1. The molecular formula is C11H19NO3. The van der Waals surface area contributed by atoms with Gasteiger partial charge in [0.15, 0.2) is 5.79 Å². The maximum absolute atomic E-state index is 10.8. The van der Waals surface area contributed by atoms with Crippen LogP contribution in [0.1, 0.15) is 38.5 Å². The van der Waals surface area contributed by atoms with Crippen LogP contribution in [0.5, 0.6) is 0 Å². The largest absolute Gasteiger partial charge is 0.370 e. The maximum Gasteiger partial charge on any atom is 0.217 e. The molecule has 86 valence electrons. The zero-order valence-corrected chi connectivity index (χ0v) is 9.04. The molecule has 0 aromatic carbocycles. The summed E-state index contributed by atoms with van der Waals surface area (Å²) in [6, 6.07) is 0. The molecule has 15 heavy (non-hydrogen) atoms. The van der Waals surface area contributed by atoms with Crippen molar-refractivity contribution in [2.24, 2.45) is 11.7 Å². The van der Waals surface area contributed by atoms with Gasteiger partial charge in [-0.1, -0.05) is 0 Å². The van der Waals surface area contributed by atoms with Crippen LogP contribution in [0, 0.1) is 5.92 Å². The monoisotopic (exact) mass is 213 g/mol. The average molecular weight is 213 g/mol. The second-order valence-electron chi connectivity index (χ2n) is 4.57. The van der Waals surface area contributed by atoms with Crippen molar-refractivity contribution in [3.63, 3.8) is 0 Å². The molecule has 1 saturated heterocycles. The van der Waals surface area contributed by atoms with Gasteiger partial charge in [-0.3, -0.25) is 4.79 Å². The van der Waals surface area contributed by atoms with Crippen LogP contribution in [0.15, 0.2) is 0 Å². The highest BCUT2D eigenvalue weighted by Gasteiger charge is 2.38. The van der Waals surface area contributed by atoms with Crippen molar-refractivity contribution in [3.05, 3.63) is 0 Å². The number of carbonyl (C=O) groups is 1. The molecule has 2 rings (SSSR count). The molecule has 2 fully saturated rings. The summed E-state index contributed by atoms with van der Waals surface area (Å²) in [5.74, 6) is -0.0875. The first kappa shape index (κ1) is 10.9. The van der Waals surface area contributed by atoms with Crippen LogP contribution in [-0.4, -0.2) is 24.9 Å². The molecule has 1 aliphatic heterocycles. The third-order valence-corrected chi connectivity index (χ3v) is 3.38. The molecule has 0 unspecified atom stereocenters. The van der Waals surface area contributed by atoms with E-state index < -0.39 is 0 Å².